The highest BCUT2D eigenvalue weighted by Gasteiger charge is 2.28. The van der Waals surface area contributed by atoms with Crippen LogP contribution < -0.4 is 16.0 Å². The fourth-order valence-electron chi connectivity index (χ4n) is 4.39. The Labute approximate surface area is 216 Å². The smallest absolute Gasteiger partial charge is 0.233 e. The van der Waals surface area contributed by atoms with Gasteiger partial charge in [0.2, 0.25) is 11.9 Å². The number of aromatic nitrogens is 4. The first-order valence-corrected chi connectivity index (χ1v) is 13.6. The van der Waals surface area contributed by atoms with Crippen LogP contribution in [-0.4, -0.2) is 62.4 Å². The van der Waals surface area contributed by atoms with Crippen LogP contribution in [0.2, 0.25) is 0 Å². The lowest BCUT2D eigenvalue weighted by molar-refractivity contribution is -0.120. The number of thioether (sulfide) groups is 1. The number of nitrogens with one attached hydrogen (secondary N) is 4. The molecule has 190 valence electrons. The van der Waals surface area contributed by atoms with Crippen LogP contribution in [-0.2, 0) is 11.2 Å². The molecular formula is C26H34N8OS. The average Bonchev–Trinajstić information content (AvgIpc) is 3.45. The summed E-state index contributed by atoms with van der Waals surface area (Å²) in [5.41, 5.74) is 4.06. The highest BCUT2D eigenvalue weighted by Crippen LogP contribution is 2.40. The fraction of sp³-hybridized carbons (Fsp3) is 0.462. The van der Waals surface area contributed by atoms with Crippen molar-refractivity contribution in [3.8, 4) is 0 Å². The van der Waals surface area contributed by atoms with E-state index >= 15 is 0 Å². The Morgan fingerprint density at radius 1 is 1.14 bits per heavy atom. The van der Waals surface area contributed by atoms with Gasteiger partial charge in [0.15, 0.2) is 0 Å². The minimum atomic E-state index is -0.0899. The van der Waals surface area contributed by atoms with Crippen molar-refractivity contribution in [2.45, 2.75) is 56.1 Å². The topological polar surface area (TPSA) is 111 Å². The van der Waals surface area contributed by atoms with Gasteiger partial charge in [0.05, 0.1) is 10.9 Å². The Balaban J connectivity index is 1.19. The number of nitrogens with zero attached hydrogens (tertiary/aromatic N) is 4. The summed E-state index contributed by atoms with van der Waals surface area (Å²) in [7, 11) is 0. The summed E-state index contributed by atoms with van der Waals surface area (Å²) in [5, 5.41) is 17.1. The van der Waals surface area contributed by atoms with E-state index in [9.17, 15) is 4.79 Å². The molecule has 1 amide bonds. The quantitative estimate of drug-likeness (QED) is 0.304. The van der Waals surface area contributed by atoms with Crippen molar-refractivity contribution >= 4 is 40.9 Å². The second kappa shape index (κ2) is 10.9. The van der Waals surface area contributed by atoms with Gasteiger partial charge in [0.1, 0.15) is 11.6 Å². The molecule has 1 aromatic carbocycles. The first kappa shape index (κ1) is 24.6. The normalized spacial score (nSPS) is 16.7. The van der Waals surface area contributed by atoms with Crippen LogP contribution in [0.1, 0.15) is 49.6 Å². The van der Waals surface area contributed by atoms with Crippen molar-refractivity contribution in [2.75, 3.05) is 36.8 Å². The molecule has 3 heterocycles. The number of carbonyl (C=O) groups is 1. The molecule has 1 saturated carbocycles. The highest BCUT2D eigenvalue weighted by atomic mass is 32.2. The van der Waals surface area contributed by atoms with Crippen LogP contribution in [0.25, 0.3) is 0 Å². The number of amides is 1. The van der Waals surface area contributed by atoms with Crippen LogP contribution in [0.15, 0.2) is 35.2 Å². The van der Waals surface area contributed by atoms with Gasteiger partial charge in [-0.05, 0) is 57.0 Å². The fourth-order valence-corrected chi connectivity index (χ4v) is 5.64. The van der Waals surface area contributed by atoms with Crippen LogP contribution in [0.4, 0.5) is 23.3 Å². The molecule has 36 heavy (non-hydrogen) atoms. The number of fused-ring (bicyclic) bond motifs is 1. The summed E-state index contributed by atoms with van der Waals surface area (Å²) in [5.74, 6) is 2.76. The highest BCUT2D eigenvalue weighted by molar-refractivity contribution is 8.01. The van der Waals surface area contributed by atoms with Crippen LogP contribution in [0.5, 0.6) is 0 Å². The third-order valence-electron chi connectivity index (χ3n) is 6.62. The van der Waals surface area contributed by atoms with E-state index in [4.69, 9.17) is 0 Å². The maximum Gasteiger partial charge on any atom is 0.233 e. The number of benzene rings is 1. The number of aromatic amines is 1. The molecule has 0 bridgehead atoms. The molecule has 2 aliphatic rings. The first-order valence-electron chi connectivity index (χ1n) is 12.8. The van der Waals surface area contributed by atoms with Gasteiger partial charge in [-0.1, -0.05) is 19.9 Å². The van der Waals surface area contributed by atoms with E-state index < -0.39 is 0 Å². The minimum absolute atomic E-state index is 0.0899. The molecular weight excluding hydrogens is 472 g/mol. The Kier molecular flexibility index (Phi) is 7.43. The van der Waals surface area contributed by atoms with E-state index in [-0.39, 0.29) is 11.2 Å². The standard InChI is InChI=1S/C26H34N8OS/c1-4-34(5-2)11-10-27-25(35)22-13-18-8-9-19(14-21(18)36-22)29-26-28-16(3)12-23(31-26)30-24-15-20(32-33-24)17-6-7-17/h8-9,12,14-15,17,22H,4-7,10-11,13H2,1-3H3,(H,27,35)(H3,28,29,30,31,32,33). The minimum Gasteiger partial charge on any atom is -0.354 e. The van der Waals surface area contributed by atoms with Crippen molar-refractivity contribution in [1.82, 2.24) is 30.4 Å². The Hall–Kier alpha value is -3.11. The van der Waals surface area contributed by atoms with E-state index in [2.05, 4.69) is 73.1 Å². The van der Waals surface area contributed by atoms with E-state index in [1.165, 1.54) is 18.4 Å². The summed E-state index contributed by atoms with van der Waals surface area (Å²) < 4.78 is 0. The molecule has 1 atom stereocenters. The van der Waals surface area contributed by atoms with Crippen molar-refractivity contribution in [3.05, 3.63) is 47.3 Å². The zero-order valence-corrected chi connectivity index (χ0v) is 21.9. The zero-order valence-electron chi connectivity index (χ0n) is 21.1. The van der Waals surface area contributed by atoms with Crippen molar-refractivity contribution in [2.24, 2.45) is 0 Å². The summed E-state index contributed by atoms with van der Waals surface area (Å²) in [6, 6.07) is 10.2. The van der Waals surface area contributed by atoms with E-state index in [1.54, 1.807) is 11.8 Å². The van der Waals surface area contributed by atoms with Gasteiger partial charge >= 0.3 is 0 Å². The molecule has 1 aliphatic carbocycles. The van der Waals surface area contributed by atoms with Gasteiger partial charge in [-0.2, -0.15) is 10.1 Å². The maximum absolute atomic E-state index is 12.7. The van der Waals surface area contributed by atoms with E-state index in [0.29, 0.717) is 24.2 Å². The van der Waals surface area contributed by atoms with Gasteiger partial charge in [-0.25, -0.2) is 4.98 Å². The van der Waals surface area contributed by atoms with Crippen LogP contribution in [0, 0.1) is 6.92 Å². The molecule has 1 fully saturated rings. The SMILES string of the molecule is CCN(CC)CCNC(=O)C1Cc2ccc(Nc3nc(C)cc(Nc4cc(C5CC5)n[nH]4)n3)cc2S1. The number of hydrogen-bond donors (Lipinski definition) is 4. The lowest BCUT2D eigenvalue weighted by Crippen LogP contribution is -2.38. The second-order valence-electron chi connectivity index (χ2n) is 9.40. The van der Waals surface area contributed by atoms with Crippen LogP contribution in [0.3, 0.4) is 0 Å². The van der Waals surface area contributed by atoms with Gasteiger partial charge in [-0.3, -0.25) is 9.89 Å². The Morgan fingerprint density at radius 2 is 1.97 bits per heavy atom. The predicted octanol–water partition coefficient (Wildman–Crippen LogP) is 4.35. The second-order valence-corrected chi connectivity index (χ2v) is 10.6. The first-order chi connectivity index (χ1) is 17.5. The van der Waals surface area contributed by atoms with Gasteiger partial charge < -0.3 is 20.9 Å². The number of hydrogen-bond acceptors (Lipinski definition) is 8. The number of rotatable bonds is 11. The van der Waals surface area contributed by atoms with Crippen molar-refractivity contribution in [3.63, 3.8) is 0 Å². The van der Waals surface area contributed by atoms with Gasteiger partial charge in [-0.15, -0.1) is 11.8 Å². The van der Waals surface area contributed by atoms with Crippen LogP contribution >= 0.6 is 11.8 Å². The van der Waals surface area contributed by atoms with Crippen molar-refractivity contribution in [1.29, 1.82) is 0 Å². The summed E-state index contributed by atoms with van der Waals surface area (Å²) in [6.07, 6.45) is 3.18. The third-order valence-corrected chi connectivity index (χ3v) is 7.92. The summed E-state index contributed by atoms with van der Waals surface area (Å²) in [6.45, 7) is 9.79. The summed E-state index contributed by atoms with van der Waals surface area (Å²) >= 11 is 1.63. The lowest BCUT2D eigenvalue weighted by Gasteiger charge is -2.18. The molecule has 10 heteroatoms. The zero-order chi connectivity index (χ0) is 25.1. The number of likely N-dealkylation sites (N-methyl/N-ethyl adjacent to an activating group) is 1. The lowest BCUT2D eigenvalue weighted by atomic mass is 10.1. The molecule has 0 radical (unpaired) electrons. The third kappa shape index (κ3) is 5.99. The molecule has 1 unspecified atom stereocenters. The van der Waals surface area contributed by atoms with E-state index in [1.807, 2.05) is 19.1 Å². The largest absolute Gasteiger partial charge is 0.354 e. The monoisotopic (exact) mass is 506 g/mol. The van der Waals surface area contributed by atoms with Gasteiger partial charge in [0.25, 0.3) is 0 Å². The predicted molar refractivity (Wildman–Crippen MR) is 144 cm³/mol. The van der Waals surface area contributed by atoms with E-state index in [0.717, 1.165) is 53.8 Å². The maximum atomic E-state index is 12.7. The molecule has 0 saturated heterocycles. The Bertz CT molecular complexity index is 1220. The molecule has 5 rings (SSSR count). The number of H-pyrrole nitrogens is 1. The summed E-state index contributed by atoms with van der Waals surface area (Å²) in [4.78, 5) is 25.3. The van der Waals surface area contributed by atoms with Gasteiger partial charge in [0, 0.05) is 47.4 Å². The molecule has 0 spiro atoms. The van der Waals surface area contributed by atoms with Crippen molar-refractivity contribution < 1.29 is 4.79 Å². The molecule has 2 aromatic heterocycles. The molecule has 1 aliphatic heterocycles. The number of anilines is 4. The molecule has 4 N–H and O–H groups in total. The number of aryl methyl sites for hydroxylation is 1. The molecule has 9 nitrogen and oxygen atoms in total. The number of carbonyl (C=O) groups excluding carboxylic acids is 1. The molecule has 3 aromatic rings. The average molecular weight is 507 g/mol. The Morgan fingerprint density at radius 3 is 2.75 bits per heavy atom.